The highest BCUT2D eigenvalue weighted by atomic mass is 15.1. The third-order valence-electron chi connectivity index (χ3n) is 2.73. The molecule has 0 aliphatic carbocycles. The van der Waals surface area contributed by atoms with Gasteiger partial charge in [-0.25, -0.2) is 9.97 Å². The van der Waals surface area contributed by atoms with Crippen LogP contribution in [0.2, 0.25) is 0 Å². The van der Waals surface area contributed by atoms with E-state index >= 15 is 0 Å². The molecule has 4 heteroatoms. The van der Waals surface area contributed by atoms with Gasteiger partial charge in [0, 0.05) is 24.3 Å². The zero-order valence-corrected chi connectivity index (χ0v) is 9.16. The molecule has 0 aromatic carbocycles. The standard InChI is InChI=1S/C11H18N4/c1-2-9-6-11(14-8-13-9)15-10-4-3-5-12-7-10/h6,8,10,12H,2-5,7H2,1H3,(H,13,14,15). The summed E-state index contributed by atoms with van der Waals surface area (Å²) in [6.07, 6.45) is 5.05. The molecule has 1 saturated heterocycles. The molecule has 0 spiro atoms. The van der Waals surface area contributed by atoms with E-state index in [1.54, 1.807) is 6.33 Å². The predicted octanol–water partition coefficient (Wildman–Crippen LogP) is 1.20. The molecule has 0 amide bonds. The number of aryl methyl sites for hydroxylation is 1. The highest BCUT2D eigenvalue weighted by molar-refractivity contribution is 5.36. The van der Waals surface area contributed by atoms with Crippen LogP contribution in [0, 0.1) is 0 Å². The fourth-order valence-corrected chi connectivity index (χ4v) is 1.85. The van der Waals surface area contributed by atoms with E-state index in [4.69, 9.17) is 0 Å². The topological polar surface area (TPSA) is 49.8 Å². The summed E-state index contributed by atoms with van der Waals surface area (Å²) in [5.74, 6) is 0.954. The van der Waals surface area contributed by atoms with Crippen LogP contribution in [-0.2, 0) is 6.42 Å². The first kappa shape index (κ1) is 10.4. The number of piperidine rings is 1. The zero-order valence-electron chi connectivity index (χ0n) is 9.16. The van der Waals surface area contributed by atoms with Gasteiger partial charge in [0.1, 0.15) is 12.1 Å². The molecule has 15 heavy (non-hydrogen) atoms. The fraction of sp³-hybridized carbons (Fsp3) is 0.636. The lowest BCUT2D eigenvalue weighted by atomic mass is 10.1. The van der Waals surface area contributed by atoms with Crippen LogP contribution < -0.4 is 10.6 Å². The lowest BCUT2D eigenvalue weighted by Gasteiger charge is -2.24. The second-order valence-electron chi connectivity index (χ2n) is 3.94. The normalized spacial score (nSPS) is 21.3. The number of anilines is 1. The Morgan fingerprint density at radius 3 is 3.20 bits per heavy atom. The van der Waals surface area contributed by atoms with Crippen molar-refractivity contribution < 1.29 is 0 Å². The van der Waals surface area contributed by atoms with Crippen LogP contribution >= 0.6 is 0 Å². The first-order valence-electron chi connectivity index (χ1n) is 5.66. The van der Waals surface area contributed by atoms with Crippen LogP contribution in [0.1, 0.15) is 25.5 Å². The fourth-order valence-electron chi connectivity index (χ4n) is 1.85. The Kier molecular flexibility index (Phi) is 3.50. The molecule has 1 aliphatic heterocycles. The van der Waals surface area contributed by atoms with Crippen molar-refractivity contribution in [2.45, 2.75) is 32.2 Å². The molecule has 4 nitrogen and oxygen atoms in total. The van der Waals surface area contributed by atoms with E-state index in [0.717, 1.165) is 31.0 Å². The largest absolute Gasteiger partial charge is 0.366 e. The van der Waals surface area contributed by atoms with Crippen molar-refractivity contribution in [2.24, 2.45) is 0 Å². The van der Waals surface area contributed by atoms with E-state index in [0.29, 0.717) is 6.04 Å². The van der Waals surface area contributed by atoms with Crippen molar-refractivity contribution >= 4 is 5.82 Å². The maximum atomic E-state index is 4.23. The van der Waals surface area contributed by atoms with Gasteiger partial charge in [-0.1, -0.05) is 6.92 Å². The minimum absolute atomic E-state index is 0.512. The maximum Gasteiger partial charge on any atom is 0.129 e. The van der Waals surface area contributed by atoms with Crippen molar-refractivity contribution in [3.8, 4) is 0 Å². The number of rotatable bonds is 3. The number of nitrogens with one attached hydrogen (secondary N) is 2. The molecular weight excluding hydrogens is 188 g/mol. The van der Waals surface area contributed by atoms with E-state index in [1.807, 2.05) is 6.07 Å². The van der Waals surface area contributed by atoms with Crippen molar-refractivity contribution in [2.75, 3.05) is 18.4 Å². The first-order valence-corrected chi connectivity index (χ1v) is 5.66. The van der Waals surface area contributed by atoms with Gasteiger partial charge >= 0.3 is 0 Å². The van der Waals surface area contributed by atoms with Gasteiger partial charge in [-0.2, -0.15) is 0 Å². The molecule has 1 aromatic heterocycles. The highest BCUT2D eigenvalue weighted by Crippen LogP contribution is 2.10. The van der Waals surface area contributed by atoms with Gasteiger partial charge in [0.05, 0.1) is 0 Å². The molecule has 2 heterocycles. The summed E-state index contributed by atoms with van der Waals surface area (Å²) >= 11 is 0. The van der Waals surface area contributed by atoms with Crippen LogP contribution in [-0.4, -0.2) is 29.1 Å². The third-order valence-corrected chi connectivity index (χ3v) is 2.73. The van der Waals surface area contributed by atoms with Crippen LogP contribution in [0.3, 0.4) is 0 Å². The molecule has 0 radical (unpaired) electrons. The quantitative estimate of drug-likeness (QED) is 0.780. The van der Waals surface area contributed by atoms with Gasteiger partial charge < -0.3 is 10.6 Å². The van der Waals surface area contributed by atoms with Crippen molar-refractivity contribution in [1.29, 1.82) is 0 Å². The highest BCUT2D eigenvalue weighted by Gasteiger charge is 2.12. The van der Waals surface area contributed by atoms with E-state index in [1.165, 1.54) is 12.8 Å². The van der Waals surface area contributed by atoms with Crippen LogP contribution in [0.5, 0.6) is 0 Å². The molecule has 2 N–H and O–H groups in total. The number of hydrogen-bond acceptors (Lipinski definition) is 4. The molecule has 1 fully saturated rings. The molecule has 1 aromatic rings. The van der Waals surface area contributed by atoms with Crippen molar-refractivity contribution in [3.05, 3.63) is 18.1 Å². The average molecular weight is 206 g/mol. The van der Waals surface area contributed by atoms with E-state index < -0.39 is 0 Å². The van der Waals surface area contributed by atoms with E-state index in [9.17, 15) is 0 Å². The molecule has 0 saturated carbocycles. The predicted molar refractivity (Wildman–Crippen MR) is 60.9 cm³/mol. The van der Waals surface area contributed by atoms with Gasteiger partial charge in [0.15, 0.2) is 0 Å². The van der Waals surface area contributed by atoms with Gasteiger partial charge in [-0.05, 0) is 25.8 Å². The smallest absolute Gasteiger partial charge is 0.129 e. The summed E-state index contributed by atoms with van der Waals surface area (Å²) in [5.41, 5.74) is 1.09. The summed E-state index contributed by atoms with van der Waals surface area (Å²) in [7, 11) is 0. The molecule has 1 atom stereocenters. The Bertz CT molecular complexity index is 307. The summed E-state index contributed by atoms with van der Waals surface area (Å²) in [6.45, 7) is 4.28. The Balaban J connectivity index is 1.96. The summed E-state index contributed by atoms with van der Waals surface area (Å²) < 4.78 is 0. The number of hydrogen-bond donors (Lipinski definition) is 2. The Morgan fingerprint density at radius 2 is 2.47 bits per heavy atom. The van der Waals surface area contributed by atoms with E-state index in [2.05, 4.69) is 27.5 Å². The Hall–Kier alpha value is -1.16. The second kappa shape index (κ2) is 5.07. The van der Waals surface area contributed by atoms with Crippen LogP contribution in [0.25, 0.3) is 0 Å². The SMILES string of the molecule is CCc1cc(NC2CCCNC2)ncn1. The molecule has 2 rings (SSSR count). The van der Waals surface area contributed by atoms with Crippen LogP contribution in [0.15, 0.2) is 12.4 Å². The monoisotopic (exact) mass is 206 g/mol. The lowest BCUT2D eigenvalue weighted by Crippen LogP contribution is -2.38. The average Bonchev–Trinajstić information content (AvgIpc) is 2.31. The molecule has 1 aliphatic rings. The van der Waals surface area contributed by atoms with Gasteiger partial charge in [-0.3, -0.25) is 0 Å². The summed E-state index contributed by atoms with van der Waals surface area (Å²) in [4.78, 5) is 8.42. The summed E-state index contributed by atoms with van der Waals surface area (Å²) in [6, 6.07) is 2.55. The van der Waals surface area contributed by atoms with E-state index in [-0.39, 0.29) is 0 Å². The van der Waals surface area contributed by atoms with Gasteiger partial charge in [0.25, 0.3) is 0 Å². The second-order valence-corrected chi connectivity index (χ2v) is 3.94. The molecule has 0 bridgehead atoms. The third kappa shape index (κ3) is 2.89. The van der Waals surface area contributed by atoms with Gasteiger partial charge in [-0.15, -0.1) is 0 Å². The Labute approximate surface area is 90.5 Å². The van der Waals surface area contributed by atoms with Crippen molar-refractivity contribution in [3.63, 3.8) is 0 Å². The van der Waals surface area contributed by atoms with Crippen molar-refractivity contribution in [1.82, 2.24) is 15.3 Å². The molecule has 1 unspecified atom stereocenters. The minimum atomic E-state index is 0.512. The minimum Gasteiger partial charge on any atom is -0.366 e. The van der Waals surface area contributed by atoms with Crippen LogP contribution in [0.4, 0.5) is 5.82 Å². The zero-order chi connectivity index (χ0) is 10.5. The summed E-state index contributed by atoms with van der Waals surface area (Å²) in [5, 5.41) is 6.82. The molecule has 82 valence electrons. The lowest BCUT2D eigenvalue weighted by molar-refractivity contribution is 0.479. The first-order chi connectivity index (χ1) is 7.38. The molecular formula is C11H18N4. The van der Waals surface area contributed by atoms with Gasteiger partial charge in [0.2, 0.25) is 0 Å². The number of aromatic nitrogens is 2. The Morgan fingerprint density at radius 1 is 1.53 bits per heavy atom. The number of nitrogens with zero attached hydrogens (tertiary/aromatic N) is 2. The maximum absolute atomic E-state index is 4.23.